The van der Waals surface area contributed by atoms with Crippen molar-refractivity contribution in [2.75, 3.05) is 26.7 Å². The number of aromatic nitrogens is 1. The highest BCUT2D eigenvalue weighted by Crippen LogP contribution is 2.40. The lowest BCUT2D eigenvalue weighted by Gasteiger charge is -2.40. The summed E-state index contributed by atoms with van der Waals surface area (Å²) in [6.45, 7) is 6.86. The van der Waals surface area contributed by atoms with Crippen LogP contribution in [0.25, 0.3) is 16.5 Å². The summed E-state index contributed by atoms with van der Waals surface area (Å²) in [5.74, 6) is 2.76. The van der Waals surface area contributed by atoms with E-state index in [2.05, 4.69) is 58.2 Å². The van der Waals surface area contributed by atoms with Crippen LogP contribution in [-0.4, -0.2) is 59.2 Å². The molecule has 28 heavy (non-hydrogen) atoms. The highest BCUT2D eigenvalue weighted by Gasteiger charge is 2.34. The predicted molar refractivity (Wildman–Crippen MR) is 114 cm³/mol. The number of benzene rings is 1. The Hall–Kier alpha value is -2.71. The molecule has 1 aromatic heterocycles. The summed E-state index contributed by atoms with van der Waals surface area (Å²) >= 11 is 0. The molecule has 2 aromatic rings. The summed E-state index contributed by atoms with van der Waals surface area (Å²) in [6, 6.07) is 6.80. The Kier molecular flexibility index (Phi) is 4.91. The minimum absolute atomic E-state index is 0.00794. The average Bonchev–Trinajstić information content (AvgIpc) is 3.03. The average molecular weight is 377 g/mol. The van der Waals surface area contributed by atoms with Crippen molar-refractivity contribution < 1.29 is 4.79 Å². The standard InChI is InChI=1S/C23H28N4O/c1-5-11-27-14-16-12-21-19(18-9-8-10-20(27)22(16)18)13-17(15-25(21)4)24-23(28)26(6-2)7-3/h1,8-10,13-14,17,21H,6-7,11-12,15H2,2-4H3,(H,24,28)/t17-,21-/m1/s1. The molecule has 2 amide bonds. The van der Waals surface area contributed by atoms with E-state index in [1.165, 1.54) is 27.6 Å². The van der Waals surface area contributed by atoms with Crippen LogP contribution in [0.4, 0.5) is 4.79 Å². The van der Waals surface area contributed by atoms with Crippen LogP contribution in [0.5, 0.6) is 0 Å². The first-order valence-corrected chi connectivity index (χ1v) is 10.1. The Labute approximate surface area is 167 Å². The number of rotatable bonds is 4. The van der Waals surface area contributed by atoms with Gasteiger partial charge in [0, 0.05) is 42.8 Å². The van der Waals surface area contributed by atoms with Gasteiger partial charge in [-0.15, -0.1) is 6.42 Å². The van der Waals surface area contributed by atoms with Gasteiger partial charge in [-0.25, -0.2) is 4.79 Å². The van der Waals surface area contributed by atoms with Crippen LogP contribution < -0.4 is 5.32 Å². The van der Waals surface area contributed by atoms with E-state index in [1.807, 2.05) is 18.7 Å². The van der Waals surface area contributed by atoms with Crippen molar-refractivity contribution in [2.24, 2.45) is 0 Å². The summed E-state index contributed by atoms with van der Waals surface area (Å²) in [4.78, 5) is 16.7. The van der Waals surface area contributed by atoms with E-state index in [9.17, 15) is 4.79 Å². The van der Waals surface area contributed by atoms with Crippen molar-refractivity contribution >= 4 is 22.5 Å². The monoisotopic (exact) mass is 376 g/mol. The van der Waals surface area contributed by atoms with Crippen molar-refractivity contribution in [1.29, 1.82) is 0 Å². The molecule has 0 bridgehead atoms. The number of terminal acetylenes is 1. The number of likely N-dealkylation sites (N-methyl/N-ethyl adjacent to an activating group) is 1. The second-order valence-electron chi connectivity index (χ2n) is 7.70. The predicted octanol–water partition coefficient (Wildman–Crippen LogP) is 2.95. The van der Waals surface area contributed by atoms with Gasteiger partial charge in [-0.05, 0) is 50.1 Å². The Morgan fingerprint density at radius 3 is 2.86 bits per heavy atom. The van der Waals surface area contributed by atoms with Gasteiger partial charge in [0.25, 0.3) is 0 Å². The zero-order valence-electron chi connectivity index (χ0n) is 16.9. The second-order valence-corrected chi connectivity index (χ2v) is 7.70. The maximum Gasteiger partial charge on any atom is 0.317 e. The minimum Gasteiger partial charge on any atom is -0.336 e. The van der Waals surface area contributed by atoms with Crippen LogP contribution in [0.15, 0.2) is 30.5 Å². The van der Waals surface area contributed by atoms with Crippen LogP contribution in [0.3, 0.4) is 0 Å². The summed E-state index contributed by atoms with van der Waals surface area (Å²) in [6.07, 6.45) is 11.0. The molecule has 1 aromatic carbocycles. The molecule has 4 rings (SSSR count). The molecule has 0 saturated heterocycles. The maximum absolute atomic E-state index is 12.5. The summed E-state index contributed by atoms with van der Waals surface area (Å²) in [7, 11) is 2.15. The Balaban J connectivity index is 1.73. The summed E-state index contributed by atoms with van der Waals surface area (Å²) < 4.78 is 2.17. The molecule has 0 unspecified atom stereocenters. The molecule has 0 saturated carbocycles. The van der Waals surface area contributed by atoms with Gasteiger partial charge in [-0.1, -0.05) is 24.1 Å². The molecule has 0 fully saturated rings. The lowest BCUT2D eigenvalue weighted by Crippen LogP contribution is -2.52. The van der Waals surface area contributed by atoms with Crippen molar-refractivity contribution in [3.8, 4) is 12.3 Å². The third kappa shape index (κ3) is 2.98. The van der Waals surface area contributed by atoms with E-state index in [4.69, 9.17) is 6.42 Å². The fraction of sp³-hybridized carbons (Fsp3) is 0.435. The summed E-state index contributed by atoms with van der Waals surface area (Å²) in [5.41, 5.74) is 5.14. The minimum atomic E-state index is 0.00794. The normalized spacial score (nSPS) is 21.0. The third-order valence-corrected chi connectivity index (χ3v) is 6.09. The van der Waals surface area contributed by atoms with Gasteiger partial charge in [0.2, 0.25) is 0 Å². The zero-order chi connectivity index (χ0) is 19.8. The van der Waals surface area contributed by atoms with Crippen molar-refractivity contribution in [3.05, 3.63) is 41.6 Å². The first-order chi connectivity index (χ1) is 13.6. The second kappa shape index (κ2) is 7.37. The van der Waals surface area contributed by atoms with Crippen LogP contribution in [0.1, 0.15) is 25.0 Å². The molecule has 0 radical (unpaired) electrons. The van der Waals surface area contributed by atoms with Crippen LogP contribution in [-0.2, 0) is 13.0 Å². The Morgan fingerprint density at radius 2 is 2.14 bits per heavy atom. The number of nitrogens with one attached hydrogen (secondary N) is 1. The smallest absolute Gasteiger partial charge is 0.317 e. The number of urea groups is 1. The molecular formula is C23H28N4O. The van der Waals surface area contributed by atoms with Gasteiger partial charge in [-0.3, -0.25) is 4.90 Å². The largest absolute Gasteiger partial charge is 0.336 e. The van der Waals surface area contributed by atoms with Crippen molar-refractivity contribution in [2.45, 2.75) is 38.9 Å². The van der Waals surface area contributed by atoms with Gasteiger partial charge in [0.1, 0.15) is 0 Å². The number of carbonyl (C=O) groups excluding carboxylic acids is 1. The fourth-order valence-electron chi connectivity index (χ4n) is 4.71. The van der Waals surface area contributed by atoms with Crippen molar-refractivity contribution in [1.82, 2.24) is 19.7 Å². The highest BCUT2D eigenvalue weighted by molar-refractivity contribution is 5.99. The topological polar surface area (TPSA) is 40.5 Å². The zero-order valence-corrected chi connectivity index (χ0v) is 16.9. The molecule has 1 aliphatic heterocycles. The molecule has 146 valence electrons. The number of amides is 2. The van der Waals surface area contributed by atoms with E-state index < -0.39 is 0 Å². The fourth-order valence-corrected chi connectivity index (χ4v) is 4.71. The molecular weight excluding hydrogens is 348 g/mol. The van der Waals surface area contributed by atoms with E-state index >= 15 is 0 Å². The Morgan fingerprint density at radius 1 is 1.36 bits per heavy atom. The first kappa shape index (κ1) is 18.6. The Bertz CT molecular complexity index is 976. The highest BCUT2D eigenvalue weighted by atomic mass is 16.2. The van der Waals surface area contributed by atoms with Gasteiger partial charge < -0.3 is 14.8 Å². The molecule has 2 atom stereocenters. The van der Waals surface area contributed by atoms with E-state index in [0.717, 1.165) is 26.1 Å². The number of carbonyl (C=O) groups is 1. The maximum atomic E-state index is 12.5. The van der Waals surface area contributed by atoms with E-state index in [-0.39, 0.29) is 12.1 Å². The molecule has 2 aliphatic rings. The quantitative estimate of drug-likeness (QED) is 0.834. The lowest BCUT2D eigenvalue weighted by molar-refractivity contribution is 0.193. The van der Waals surface area contributed by atoms with Crippen LogP contribution in [0.2, 0.25) is 0 Å². The van der Waals surface area contributed by atoms with Crippen LogP contribution >= 0.6 is 0 Å². The first-order valence-electron chi connectivity index (χ1n) is 10.1. The molecule has 1 N–H and O–H groups in total. The number of hydrogen-bond acceptors (Lipinski definition) is 2. The van der Waals surface area contributed by atoms with E-state index in [0.29, 0.717) is 12.6 Å². The molecule has 0 spiro atoms. The summed E-state index contributed by atoms with van der Waals surface area (Å²) in [5, 5.41) is 4.51. The van der Waals surface area contributed by atoms with Crippen LogP contribution in [0, 0.1) is 12.3 Å². The molecule has 2 heterocycles. The SMILES string of the molecule is C#CCn1cc2c3c(cccc31)C1=C[C@@H](NC(=O)N(CC)CC)CN(C)[C@@H]1C2. The number of hydrogen-bond donors (Lipinski definition) is 1. The van der Waals surface area contributed by atoms with Gasteiger partial charge in [-0.2, -0.15) is 0 Å². The molecule has 5 nitrogen and oxygen atoms in total. The van der Waals surface area contributed by atoms with Gasteiger partial charge >= 0.3 is 6.03 Å². The van der Waals surface area contributed by atoms with Gasteiger partial charge in [0.15, 0.2) is 0 Å². The number of nitrogens with zero attached hydrogens (tertiary/aromatic N) is 3. The van der Waals surface area contributed by atoms with Gasteiger partial charge in [0.05, 0.1) is 12.6 Å². The lowest BCUT2D eigenvalue weighted by atomic mass is 9.81. The van der Waals surface area contributed by atoms with Crippen molar-refractivity contribution in [3.63, 3.8) is 0 Å². The number of fused-ring (bicyclic) bond motifs is 2. The molecule has 5 heteroatoms. The molecule has 1 aliphatic carbocycles. The third-order valence-electron chi connectivity index (χ3n) is 6.09. The van der Waals surface area contributed by atoms with E-state index in [1.54, 1.807) is 0 Å².